The van der Waals surface area contributed by atoms with Crippen molar-refractivity contribution in [3.8, 4) is 0 Å². The van der Waals surface area contributed by atoms with Gasteiger partial charge in [-0.1, -0.05) is 111 Å². The first-order valence-corrected chi connectivity index (χ1v) is 25.5. The summed E-state index contributed by atoms with van der Waals surface area (Å²) in [5.41, 5.74) is 4.87. The highest BCUT2D eigenvalue weighted by molar-refractivity contribution is 7.90. The van der Waals surface area contributed by atoms with E-state index in [2.05, 4.69) is 60.4 Å². The van der Waals surface area contributed by atoms with Crippen LogP contribution in [0.2, 0.25) is 0 Å². The Morgan fingerprint density at radius 2 is 1.20 bits per heavy atom. The number of sulfonamides is 1. The molecule has 0 unspecified atom stereocenters. The number of benzene rings is 4. The van der Waals surface area contributed by atoms with Crippen LogP contribution >= 0.6 is 11.6 Å². The number of sulfone groups is 1. The van der Waals surface area contributed by atoms with Gasteiger partial charge in [0.05, 0.1) is 16.9 Å². The number of aryl methyl sites for hydroxylation is 2. The number of likely N-dealkylation sites (N-methyl/N-ethyl adjacent to an activating group) is 1. The fraction of sp³-hybridized carbons (Fsp3) is 0.408. The number of halogens is 1. The van der Waals surface area contributed by atoms with Crippen LogP contribution in [0.1, 0.15) is 102 Å². The summed E-state index contributed by atoms with van der Waals surface area (Å²) in [7, 11) is -4.85. The van der Waals surface area contributed by atoms with Crippen molar-refractivity contribution in [1.82, 2.24) is 19.8 Å². The number of hydrogen-bond donors (Lipinski definition) is 2. The SMILES string of the molecule is CCC.COC(=O)CN(C)S(=O)(=O)c1cccc(C(=O)N2CCC[C@@H]2C(=O)NCc2ccc(C)cc2)c1.CS(=O)(=O)c1cccc(C(=O)Cl)c1.Cc1ccc(CNC(=O)C2CCCC2)cc1. The number of rotatable bonds is 13. The zero-order chi connectivity index (χ0) is 49.0. The lowest BCUT2D eigenvalue weighted by Gasteiger charge is -2.24. The van der Waals surface area contributed by atoms with Crippen molar-refractivity contribution in [2.75, 3.05) is 33.5 Å². The molecule has 0 spiro atoms. The number of methoxy groups -OCH3 is 1. The summed E-state index contributed by atoms with van der Waals surface area (Å²) in [5.74, 6) is -0.855. The van der Waals surface area contributed by atoms with Crippen molar-refractivity contribution >= 4 is 60.4 Å². The highest BCUT2D eigenvalue weighted by atomic mass is 35.5. The summed E-state index contributed by atoms with van der Waals surface area (Å²) in [6.07, 6.45) is 8.09. The van der Waals surface area contributed by atoms with Crippen LogP contribution in [0.25, 0.3) is 0 Å². The van der Waals surface area contributed by atoms with Crippen molar-refractivity contribution in [3.63, 3.8) is 0 Å². The quantitative estimate of drug-likeness (QED) is 0.101. The molecule has 1 aliphatic carbocycles. The minimum atomic E-state index is -4.01. The third-order valence-corrected chi connectivity index (χ3v) is 13.7. The highest BCUT2D eigenvalue weighted by Gasteiger charge is 2.35. The molecule has 3 amide bonds. The van der Waals surface area contributed by atoms with Gasteiger partial charge in [0.15, 0.2) is 9.84 Å². The van der Waals surface area contributed by atoms with Gasteiger partial charge in [0.1, 0.15) is 12.6 Å². The Kier molecular flexibility index (Phi) is 22.2. The van der Waals surface area contributed by atoms with Crippen molar-refractivity contribution in [2.24, 2.45) is 5.92 Å². The van der Waals surface area contributed by atoms with E-state index in [0.29, 0.717) is 32.5 Å². The number of amides is 3. The summed E-state index contributed by atoms with van der Waals surface area (Å²) in [5, 5.41) is 5.25. The monoisotopic (exact) mass is 966 g/mol. The average molecular weight is 968 g/mol. The Bertz CT molecular complexity index is 2480. The molecule has 1 saturated heterocycles. The van der Waals surface area contributed by atoms with Crippen LogP contribution < -0.4 is 10.6 Å². The Morgan fingerprint density at radius 1 is 0.712 bits per heavy atom. The van der Waals surface area contributed by atoms with Crippen molar-refractivity contribution in [1.29, 1.82) is 0 Å². The van der Waals surface area contributed by atoms with Crippen LogP contribution in [0.3, 0.4) is 0 Å². The molecule has 1 saturated carbocycles. The zero-order valence-electron chi connectivity index (χ0n) is 38.8. The first-order chi connectivity index (χ1) is 31.2. The maximum atomic E-state index is 13.2. The number of carbonyl (C=O) groups excluding carboxylic acids is 5. The van der Waals surface area contributed by atoms with Gasteiger partial charge in [-0.25, -0.2) is 16.8 Å². The molecule has 0 bridgehead atoms. The zero-order valence-corrected chi connectivity index (χ0v) is 41.2. The third kappa shape index (κ3) is 17.4. The minimum Gasteiger partial charge on any atom is -0.468 e. The van der Waals surface area contributed by atoms with E-state index in [4.69, 9.17) is 11.6 Å². The van der Waals surface area contributed by atoms with Gasteiger partial charge < -0.3 is 20.3 Å². The molecular formula is C49H63ClN4O10S2. The van der Waals surface area contributed by atoms with Crippen molar-refractivity contribution in [2.45, 2.75) is 102 Å². The standard InChI is InChI=1S/C24H29N3O6S.C14H19NO.C8H7ClO3S.C3H8/c1-17-9-11-18(12-10-17)15-25-23(29)21-8-5-13-27(21)24(30)19-6-4-7-20(14-19)34(31,32)26(2)16-22(28)33-3;1-11-6-8-12(9-7-11)10-15-14(16)13-4-2-3-5-13;1-13(11,12)7-4-2-3-6(5-7)8(9)10;1-3-2/h4,6-7,9-12,14,21H,5,8,13,15-16H2,1-3H3,(H,25,29);6-9,13H,2-5,10H2,1H3,(H,15,16);2-5H,1H3;3H2,1-2H3/t21-;;;/m1.../s1. The Balaban J connectivity index is 0.000000296. The van der Waals surface area contributed by atoms with E-state index in [9.17, 15) is 40.8 Å². The summed E-state index contributed by atoms with van der Waals surface area (Å²) in [4.78, 5) is 61.4. The van der Waals surface area contributed by atoms with E-state index in [1.807, 2.05) is 31.2 Å². The Hall–Kier alpha value is -5.42. The van der Waals surface area contributed by atoms with Gasteiger partial charge in [-0.3, -0.25) is 24.0 Å². The van der Waals surface area contributed by atoms with E-state index in [0.717, 1.165) is 34.5 Å². The number of likely N-dealkylation sites (tertiary alicyclic amines) is 1. The Morgan fingerprint density at radius 3 is 1.70 bits per heavy atom. The lowest BCUT2D eigenvalue weighted by Crippen LogP contribution is -2.45. The number of nitrogens with zero attached hydrogens (tertiary/aromatic N) is 2. The summed E-state index contributed by atoms with van der Waals surface area (Å²) < 4.78 is 53.1. The third-order valence-electron chi connectivity index (χ3n) is 10.6. The van der Waals surface area contributed by atoms with E-state index in [-0.39, 0.29) is 38.7 Å². The van der Waals surface area contributed by atoms with Gasteiger partial charge in [0.25, 0.3) is 11.1 Å². The molecule has 2 N–H and O–H groups in total. The lowest BCUT2D eigenvalue weighted by atomic mass is 10.1. The predicted octanol–water partition coefficient (Wildman–Crippen LogP) is 7.40. The number of esters is 1. The normalized spacial score (nSPS) is 14.6. The van der Waals surface area contributed by atoms with Gasteiger partial charge in [-0.15, -0.1) is 0 Å². The minimum absolute atomic E-state index is 0.0963. The van der Waals surface area contributed by atoms with Crippen molar-refractivity contribution < 1.29 is 45.5 Å². The van der Waals surface area contributed by atoms with Gasteiger partial charge in [-0.05, 0) is 92.6 Å². The average Bonchev–Trinajstić information content (AvgIpc) is 4.03. The van der Waals surface area contributed by atoms with Gasteiger partial charge in [-0.2, -0.15) is 4.31 Å². The van der Waals surface area contributed by atoms with Crippen LogP contribution in [0.15, 0.2) is 107 Å². The molecule has 1 atom stereocenters. The summed E-state index contributed by atoms with van der Waals surface area (Å²) in [6, 6.07) is 26.7. The summed E-state index contributed by atoms with van der Waals surface area (Å²) in [6.45, 7) is 9.28. The number of hydrogen-bond acceptors (Lipinski definition) is 10. The fourth-order valence-corrected chi connectivity index (χ4v) is 8.78. The topological polar surface area (TPSA) is 193 Å². The van der Waals surface area contributed by atoms with E-state index in [1.54, 1.807) is 0 Å². The predicted molar refractivity (Wildman–Crippen MR) is 256 cm³/mol. The molecule has 14 nitrogen and oxygen atoms in total. The molecule has 2 aliphatic rings. The second kappa shape index (κ2) is 26.7. The maximum absolute atomic E-state index is 13.2. The fourth-order valence-electron chi connectivity index (χ4n) is 6.84. The molecule has 17 heteroatoms. The summed E-state index contributed by atoms with van der Waals surface area (Å²) >= 11 is 5.19. The van der Waals surface area contributed by atoms with Crippen LogP contribution in [-0.2, 0) is 52.1 Å². The molecule has 1 aliphatic heterocycles. The van der Waals surface area contributed by atoms with Gasteiger partial charge in [0, 0.05) is 50.0 Å². The molecule has 6 rings (SSSR count). The van der Waals surface area contributed by atoms with E-state index in [1.165, 1.54) is 98.0 Å². The number of carbonyl (C=O) groups is 5. The number of ether oxygens (including phenoxy) is 1. The second-order valence-corrected chi connectivity index (χ2v) is 20.6. The smallest absolute Gasteiger partial charge is 0.321 e. The first kappa shape index (κ1) is 54.9. The van der Waals surface area contributed by atoms with Crippen LogP contribution in [0, 0.1) is 19.8 Å². The molecule has 0 aromatic heterocycles. The van der Waals surface area contributed by atoms with Gasteiger partial charge in [0.2, 0.25) is 21.8 Å². The molecule has 4 aromatic rings. The molecule has 4 aromatic carbocycles. The first-order valence-electron chi connectivity index (χ1n) is 21.8. The molecule has 0 radical (unpaired) electrons. The molecule has 2 fully saturated rings. The Labute approximate surface area is 395 Å². The largest absolute Gasteiger partial charge is 0.468 e. The van der Waals surface area contributed by atoms with E-state index >= 15 is 0 Å². The molecule has 1 heterocycles. The van der Waals surface area contributed by atoms with Gasteiger partial charge >= 0.3 is 5.97 Å². The van der Waals surface area contributed by atoms with Crippen LogP contribution in [-0.4, -0.2) is 94.5 Å². The highest BCUT2D eigenvalue weighted by Crippen LogP contribution is 2.25. The maximum Gasteiger partial charge on any atom is 0.321 e. The molecular weight excluding hydrogens is 904 g/mol. The van der Waals surface area contributed by atoms with Crippen LogP contribution in [0.5, 0.6) is 0 Å². The second-order valence-electron chi connectivity index (χ2n) is 16.2. The van der Waals surface area contributed by atoms with E-state index < -0.39 is 49.6 Å². The number of nitrogens with one attached hydrogen (secondary N) is 2. The lowest BCUT2D eigenvalue weighted by molar-refractivity contribution is -0.140. The molecule has 358 valence electrons. The van der Waals surface area contributed by atoms with Crippen molar-refractivity contribution in [3.05, 3.63) is 130 Å². The molecule has 66 heavy (non-hydrogen) atoms. The van der Waals surface area contributed by atoms with Crippen LogP contribution in [0.4, 0.5) is 0 Å².